The summed E-state index contributed by atoms with van der Waals surface area (Å²) in [5.41, 5.74) is 0.741. The number of rotatable bonds is 0. The lowest BCUT2D eigenvalue weighted by molar-refractivity contribution is -0.137. The van der Waals surface area contributed by atoms with Crippen LogP contribution in [0.5, 0.6) is 0 Å². The molecule has 1 aromatic heterocycles. The van der Waals surface area contributed by atoms with Gasteiger partial charge in [-0.15, -0.1) is 11.3 Å². The van der Waals surface area contributed by atoms with Gasteiger partial charge in [0, 0.05) is 0 Å². The Hall–Kier alpha value is -1.50. The number of benzene rings is 1. The highest BCUT2D eigenvalue weighted by molar-refractivity contribution is 7.10. The fraction of sp³-hybridized carbons (Fsp3) is 0.500. The minimum Gasteiger partial charge on any atom is -0.166 e. The van der Waals surface area contributed by atoms with Gasteiger partial charge in [-0.2, -0.15) is 26.3 Å². The molecule has 0 saturated heterocycles. The number of alkyl halides is 6. The molecule has 0 radical (unpaired) electrons. The molecule has 7 heteroatoms. The van der Waals surface area contributed by atoms with Crippen LogP contribution < -0.4 is 0 Å². The van der Waals surface area contributed by atoms with Crippen molar-refractivity contribution in [2.75, 3.05) is 0 Å². The largest absolute Gasteiger partial charge is 0.425 e. The van der Waals surface area contributed by atoms with Crippen molar-refractivity contribution in [2.24, 2.45) is 0 Å². The Labute approximate surface area is 160 Å². The first-order valence-corrected chi connectivity index (χ1v) is 9.14. The summed E-state index contributed by atoms with van der Waals surface area (Å²) in [6.07, 6.45) is -8.44. The monoisotopic (exact) mass is 410 g/mol. The van der Waals surface area contributed by atoms with E-state index in [-0.39, 0.29) is 10.8 Å². The summed E-state index contributed by atoms with van der Waals surface area (Å²) in [6, 6.07) is 6.54. The van der Waals surface area contributed by atoms with Gasteiger partial charge < -0.3 is 0 Å². The van der Waals surface area contributed by atoms with Gasteiger partial charge in [0.25, 0.3) is 0 Å². The molecule has 0 spiro atoms. The van der Waals surface area contributed by atoms with Gasteiger partial charge in [-0.25, -0.2) is 0 Å². The lowest BCUT2D eigenvalue weighted by atomic mass is 9.87. The third-order valence-electron chi connectivity index (χ3n) is 3.82. The van der Waals surface area contributed by atoms with Crippen molar-refractivity contribution in [1.82, 2.24) is 0 Å². The molecule has 0 nitrogen and oxygen atoms in total. The zero-order chi connectivity index (χ0) is 21.3. The van der Waals surface area contributed by atoms with E-state index in [1.54, 1.807) is 5.38 Å². The molecule has 0 bridgehead atoms. The zero-order valence-corrected chi connectivity index (χ0v) is 17.0. The predicted octanol–water partition coefficient (Wildman–Crippen LogP) is 8.07. The number of halogens is 6. The van der Waals surface area contributed by atoms with Crippen molar-refractivity contribution in [1.29, 1.82) is 0 Å². The standard InChI is InChI=1S/C11H13F3.C9H11F3S/c1-10(2,3)8-4-6-9(7-5-8)11(12,13)14;1-8(2,3)6-4-7(13-5-6)9(10,11)12/h4-7H,1-3H3;4-5H,1-3H3. The Morgan fingerprint density at radius 3 is 1.26 bits per heavy atom. The van der Waals surface area contributed by atoms with Crippen molar-refractivity contribution in [3.63, 3.8) is 0 Å². The zero-order valence-electron chi connectivity index (χ0n) is 16.1. The van der Waals surface area contributed by atoms with E-state index in [0.29, 0.717) is 0 Å². The molecule has 0 saturated carbocycles. The highest BCUT2D eigenvalue weighted by Gasteiger charge is 2.33. The van der Waals surface area contributed by atoms with E-state index >= 15 is 0 Å². The van der Waals surface area contributed by atoms with Crippen LogP contribution in [0.4, 0.5) is 26.3 Å². The highest BCUT2D eigenvalue weighted by Crippen LogP contribution is 2.37. The maximum absolute atomic E-state index is 12.2. The Morgan fingerprint density at radius 2 is 1.00 bits per heavy atom. The van der Waals surface area contributed by atoms with Crippen LogP contribution in [0.1, 0.15) is 63.1 Å². The normalized spacial score (nSPS) is 13.2. The second-order valence-electron chi connectivity index (χ2n) is 8.27. The lowest BCUT2D eigenvalue weighted by Gasteiger charge is -2.19. The van der Waals surface area contributed by atoms with E-state index in [9.17, 15) is 26.3 Å². The number of hydrogen-bond donors (Lipinski definition) is 0. The van der Waals surface area contributed by atoms with Crippen LogP contribution >= 0.6 is 11.3 Å². The quantitative estimate of drug-likeness (QED) is 0.385. The van der Waals surface area contributed by atoms with E-state index in [1.165, 1.54) is 18.2 Å². The Kier molecular flexibility index (Phi) is 6.85. The summed E-state index contributed by atoms with van der Waals surface area (Å²) in [6.45, 7) is 11.6. The predicted molar refractivity (Wildman–Crippen MR) is 98.2 cm³/mol. The summed E-state index contributed by atoms with van der Waals surface area (Å²) in [4.78, 5) is -0.516. The van der Waals surface area contributed by atoms with Gasteiger partial charge in [-0.3, -0.25) is 0 Å². The molecule has 0 N–H and O–H groups in total. The first-order chi connectivity index (χ1) is 11.9. The molecular formula is C20H24F6S. The average Bonchev–Trinajstić information content (AvgIpc) is 2.96. The molecule has 0 fully saturated rings. The smallest absolute Gasteiger partial charge is 0.166 e. The van der Waals surface area contributed by atoms with Gasteiger partial charge in [-0.05, 0) is 45.5 Å². The van der Waals surface area contributed by atoms with Gasteiger partial charge in [0.2, 0.25) is 0 Å². The third kappa shape index (κ3) is 7.20. The van der Waals surface area contributed by atoms with Crippen LogP contribution in [0.2, 0.25) is 0 Å². The van der Waals surface area contributed by atoms with Crippen LogP contribution in [0.3, 0.4) is 0 Å². The maximum atomic E-state index is 12.2. The van der Waals surface area contributed by atoms with Gasteiger partial charge >= 0.3 is 12.4 Å². The lowest BCUT2D eigenvalue weighted by Crippen LogP contribution is -2.12. The molecule has 0 aliphatic heterocycles. The van der Waals surface area contributed by atoms with Crippen molar-refractivity contribution in [3.05, 3.63) is 57.3 Å². The van der Waals surface area contributed by atoms with Crippen LogP contribution in [-0.2, 0) is 23.2 Å². The van der Waals surface area contributed by atoms with Crippen LogP contribution in [0, 0.1) is 0 Å². The highest BCUT2D eigenvalue weighted by atomic mass is 32.1. The van der Waals surface area contributed by atoms with Gasteiger partial charge in [0.05, 0.1) is 5.56 Å². The van der Waals surface area contributed by atoms with Gasteiger partial charge in [-0.1, -0.05) is 53.7 Å². The van der Waals surface area contributed by atoms with E-state index in [0.717, 1.165) is 34.6 Å². The van der Waals surface area contributed by atoms with Crippen molar-refractivity contribution in [2.45, 2.75) is 64.7 Å². The van der Waals surface area contributed by atoms with Crippen molar-refractivity contribution >= 4 is 11.3 Å². The van der Waals surface area contributed by atoms with Crippen molar-refractivity contribution in [3.8, 4) is 0 Å². The van der Waals surface area contributed by atoms with E-state index in [4.69, 9.17) is 0 Å². The second kappa shape index (κ2) is 7.86. The number of hydrogen-bond acceptors (Lipinski definition) is 1. The second-order valence-corrected chi connectivity index (χ2v) is 9.18. The first-order valence-electron chi connectivity index (χ1n) is 8.26. The van der Waals surface area contributed by atoms with Crippen LogP contribution in [0.15, 0.2) is 35.7 Å². The van der Waals surface area contributed by atoms with E-state index < -0.39 is 22.8 Å². The minimum atomic E-state index is -4.24. The molecular weight excluding hydrogens is 386 g/mol. The topological polar surface area (TPSA) is 0 Å². The first kappa shape index (κ1) is 23.5. The van der Waals surface area contributed by atoms with Gasteiger partial charge in [0.15, 0.2) is 0 Å². The summed E-state index contributed by atoms with van der Waals surface area (Å²) < 4.78 is 73.2. The minimum absolute atomic E-state index is 0.107. The molecule has 27 heavy (non-hydrogen) atoms. The fourth-order valence-electron chi connectivity index (χ4n) is 2.04. The molecule has 2 aromatic rings. The molecule has 0 aliphatic rings. The maximum Gasteiger partial charge on any atom is 0.425 e. The molecule has 0 atom stereocenters. The summed E-state index contributed by atoms with van der Waals surface area (Å²) >= 11 is 0.758. The van der Waals surface area contributed by atoms with Crippen molar-refractivity contribution < 1.29 is 26.3 Å². The van der Waals surface area contributed by atoms with Gasteiger partial charge in [0.1, 0.15) is 4.88 Å². The Balaban J connectivity index is 0.000000271. The van der Waals surface area contributed by atoms with Crippen LogP contribution in [0.25, 0.3) is 0 Å². The summed E-state index contributed by atoms with van der Waals surface area (Å²) in [5.74, 6) is 0. The molecule has 1 aromatic carbocycles. The SMILES string of the molecule is CC(C)(C)c1ccc(C(F)(F)F)cc1.CC(C)(C)c1csc(C(F)(F)F)c1. The fourth-order valence-corrected chi connectivity index (χ4v) is 3.04. The average molecular weight is 410 g/mol. The number of thiophene rings is 1. The molecule has 0 aliphatic carbocycles. The van der Waals surface area contributed by atoms with E-state index in [1.807, 2.05) is 41.5 Å². The third-order valence-corrected chi connectivity index (χ3v) is 4.80. The Bertz CT molecular complexity index is 661. The van der Waals surface area contributed by atoms with E-state index in [2.05, 4.69) is 0 Å². The molecule has 2 rings (SSSR count). The molecule has 152 valence electrons. The molecule has 0 unspecified atom stereocenters. The van der Waals surface area contributed by atoms with Crippen LogP contribution in [-0.4, -0.2) is 0 Å². The molecule has 0 amide bonds. The summed E-state index contributed by atoms with van der Waals surface area (Å²) in [7, 11) is 0. The Morgan fingerprint density at radius 1 is 0.593 bits per heavy atom. The summed E-state index contributed by atoms with van der Waals surface area (Å²) in [5, 5.41) is 1.57. The molecule has 1 heterocycles.